The number of ketones is 1. The maximum Gasteiger partial charge on any atom is 0.356 e. The van der Waals surface area contributed by atoms with E-state index < -0.39 is 11.9 Å². The van der Waals surface area contributed by atoms with Gasteiger partial charge in [-0.3, -0.25) is 9.79 Å². The smallest absolute Gasteiger partial charge is 0.356 e. The summed E-state index contributed by atoms with van der Waals surface area (Å²) < 4.78 is 16.8. The van der Waals surface area contributed by atoms with Crippen LogP contribution in [0.4, 0.5) is 5.69 Å². The minimum atomic E-state index is -0.452. The Hall–Kier alpha value is -3.70. The van der Waals surface area contributed by atoms with Crippen molar-refractivity contribution in [3.63, 3.8) is 0 Å². The number of H-pyrrole nitrogens is 1. The van der Waals surface area contributed by atoms with Crippen LogP contribution < -0.4 is 16.0 Å². The Balaban J connectivity index is 1.31. The number of furan rings is 1. The van der Waals surface area contributed by atoms with E-state index in [1.807, 2.05) is 30.4 Å². The number of carbonyl (C=O) groups excluding carboxylic acids is 2. The van der Waals surface area contributed by atoms with Gasteiger partial charge in [0, 0.05) is 29.6 Å². The van der Waals surface area contributed by atoms with Gasteiger partial charge in [0.25, 0.3) is 0 Å². The number of fused-ring (bicyclic) bond motifs is 2. The van der Waals surface area contributed by atoms with Crippen LogP contribution >= 0.6 is 11.8 Å². The minimum absolute atomic E-state index is 0.0117. The first kappa shape index (κ1) is 22.7. The number of hydrogen-bond acceptors (Lipinski definition) is 10. The number of esters is 1. The van der Waals surface area contributed by atoms with Crippen molar-refractivity contribution in [2.24, 2.45) is 4.99 Å². The summed E-state index contributed by atoms with van der Waals surface area (Å²) >= 11 is 1.40. The third-order valence-electron chi connectivity index (χ3n) is 6.53. The number of anilines is 1. The Morgan fingerprint density at radius 2 is 2.19 bits per heavy atom. The van der Waals surface area contributed by atoms with Crippen molar-refractivity contribution in [2.75, 3.05) is 32.1 Å². The van der Waals surface area contributed by atoms with E-state index in [0.29, 0.717) is 34.4 Å². The zero-order chi connectivity index (χ0) is 24.8. The first-order chi connectivity index (χ1) is 17.6. The van der Waals surface area contributed by atoms with Crippen LogP contribution in [0.2, 0.25) is 0 Å². The van der Waals surface area contributed by atoms with Crippen LogP contribution in [-0.2, 0) is 14.3 Å². The molecule has 36 heavy (non-hydrogen) atoms. The second kappa shape index (κ2) is 9.07. The molecule has 0 amide bonds. The third-order valence-corrected chi connectivity index (χ3v) is 7.36. The molecule has 0 fully saturated rings. The fourth-order valence-electron chi connectivity index (χ4n) is 4.91. The summed E-state index contributed by atoms with van der Waals surface area (Å²) in [6.07, 6.45) is 7.69. The molecular weight excluding hydrogens is 482 g/mol. The quantitative estimate of drug-likeness (QED) is 0.451. The van der Waals surface area contributed by atoms with E-state index in [-0.39, 0.29) is 31.0 Å². The number of carbonyl (C=O) groups is 2. The Kier molecular flexibility index (Phi) is 5.73. The standard InChI is InChI=1S/C25H25N5O5S/c1-3-34-24(32)23-22-13(9-27-23)20(21-16(28-22)10-26-11-17(21)31)18-6-7-19(35-18)36-25-29-14-5-4-12(33-2)8-15(14)30-25/h4-9,14-15,20,26-28H,3,10-11H2,1-2H3,(H,29,30). The highest BCUT2D eigenvalue weighted by Gasteiger charge is 2.39. The van der Waals surface area contributed by atoms with Crippen molar-refractivity contribution in [1.29, 1.82) is 0 Å². The van der Waals surface area contributed by atoms with Gasteiger partial charge in [-0.25, -0.2) is 4.79 Å². The van der Waals surface area contributed by atoms with Gasteiger partial charge in [-0.15, -0.1) is 0 Å². The fraction of sp³-hybridized carbons (Fsp3) is 0.320. The second-order valence-corrected chi connectivity index (χ2v) is 9.67. The molecule has 186 valence electrons. The molecule has 4 aliphatic rings. The molecule has 10 nitrogen and oxygen atoms in total. The van der Waals surface area contributed by atoms with Gasteiger partial charge in [0.2, 0.25) is 0 Å². The highest BCUT2D eigenvalue weighted by Crippen LogP contribution is 2.45. The Morgan fingerprint density at radius 3 is 3.03 bits per heavy atom. The van der Waals surface area contributed by atoms with E-state index in [9.17, 15) is 9.59 Å². The number of thioether (sulfide) groups is 1. The lowest BCUT2D eigenvalue weighted by atomic mass is 9.82. The lowest BCUT2D eigenvalue weighted by Crippen LogP contribution is -2.39. The van der Waals surface area contributed by atoms with Crippen LogP contribution in [0.5, 0.6) is 0 Å². The molecule has 6 rings (SSSR count). The summed E-state index contributed by atoms with van der Waals surface area (Å²) in [4.78, 5) is 33.3. The fourth-order valence-corrected chi connectivity index (χ4v) is 5.75. The van der Waals surface area contributed by atoms with Gasteiger partial charge >= 0.3 is 5.97 Å². The largest absolute Gasteiger partial charge is 0.497 e. The number of amidine groups is 1. The van der Waals surface area contributed by atoms with Crippen molar-refractivity contribution in [1.82, 2.24) is 15.6 Å². The van der Waals surface area contributed by atoms with Crippen molar-refractivity contribution in [2.45, 2.75) is 30.0 Å². The highest BCUT2D eigenvalue weighted by atomic mass is 32.2. The van der Waals surface area contributed by atoms with E-state index >= 15 is 0 Å². The first-order valence-corrected chi connectivity index (χ1v) is 12.6. The predicted octanol–water partition coefficient (Wildman–Crippen LogP) is 2.66. The Bertz CT molecular complexity index is 1370. The van der Waals surface area contributed by atoms with Gasteiger partial charge in [0.05, 0.1) is 44.0 Å². The molecule has 0 saturated carbocycles. The number of allylic oxidation sites excluding steroid dienone is 1. The number of rotatable bonds is 5. The monoisotopic (exact) mass is 507 g/mol. The molecule has 0 bridgehead atoms. The van der Waals surface area contributed by atoms with E-state index in [1.165, 1.54) is 11.8 Å². The predicted molar refractivity (Wildman–Crippen MR) is 134 cm³/mol. The molecule has 1 aliphatic carbocycles. The van der Waals surface area contributed by atoms with Crippen LogP contribution in [-0.4, -0.2) is 60.8 Å². The maximum absolute atomic E-state index is 13.0. The zero-order valence-corrected chi connectivity index (χ0v) is 20.5. The van der Waals surface area contributed by atoms with Crippen LogP contribution in [0.3, 0.4) is 0 Å². The number of aromatic nitrogens is 1. The number of ether oxygens (including phenoxy) is 2. The Morgan fingerprint density at radius 1 is 1.31 bits per heavy atom. The van der Waals surface area contributed by atoms with Gasteiger partial charge in [0.15, 0.2) is 16.0 Å². The summed E-state index contributed by atoms with van der Waals surface area (Å²) in [6.45, 7) is 2.76. The van der Waals surface area contributed by atoms with Crippen LogP contribution in [0.15, 0.2) is 68.1 Å². The second-order valence-electron chi connectivity index (χ2n) is 8.68. The topological polar surface area (TPSA) is 130 Å². The number of Topliss-reactive ketones (excluding diaryl/α,β-unsaturated/α-hetero) is 1. The molecular formula is C25H25N5O5S. The van der Waals surface area contributed by atoms with Gasteiger partial charge in [0.1, 0.15) is 17.2 Å². The van der Waals surface area contributed by atoms with Crippen molar-refractivity contribution in [3.05, 3.63) is 70.6 Å². The lowest BCUT2D eigenvalue weighted by molar-refractivity contribution is -0.115. The number of aliphatic imine (C=N–C) groups is 1. The molecule has 2 aromatic rings. The maximum atomic E-state index is 13.0. The molecule has 5 heterocycles. The molecule has 3 aliphatic heterocycles. The van der Waals surface area contributed by atoms with Gasteiger partial charge < -0.3 is 34.8 Å². The number of hydrogen-bond donors (Lipinski definition) is 4. The minimum Gasteiger partial charge on any atom is -0.497 e. The molecule has 0 aromatic carbocycles. The average Bonchev–Trinajstić information content (AvgIpc) is 3.60. The Labute approximate surface area is 211 Å². The summed E-state index contributed by atoms with van der Waals surface area (Å²) in [5, 5.41) is 11.2. The summed E-state index contributed by atoms with van der Waals surface area (Å²) in [6, 6.07) is 3.80. The van der Waals surface area contributed by atoms with Crippen LogP contribution in [0.25, 0.3) is 0 Å². The number of nitrogens with zero attached hydrogens (tertiary/aromatic N) is 1. The molecule has 0 radical (unpaired) electrons. The van der Waals surface area contributed by atoms with Crippen molar-refractivity contribution in [3.8, 4) is 0 Å². The summed E-state index contributed by atoms with van der Waals surface area (Å²) in [5.74, 6) is 0.499. The van der Waals surface area contributed by atoms with Crippen molar-refractivity contribution < 1.29 is 23.5 Å². The first-order valence-electron chi connectivity index (χ1n) is 11.7. The molecule has 0 spiro atoms. The van der Waals surface area contributed by atoms with E-state index in [4.69, 9.17) is 18.9 Å². The molecule has 0 saturated heterocycles. The third kappa shape index (κ3) is 3.84. The highest BCUT2D eigenvalue weighted by molar-refractivity contribution is 8.13. The van der Waals surface area contributed by atoms with Gasteiger partial charge in [-0.2, -0.15) is 0 Å². The summed E-state index contributed by atoms with van der Waals surface area (Å²) in [5.41, 5.74) is 3.08. The normalized spacial score (nSPS) is 24.2. The van der Waals surface area contributed by atoms with Crippen LogP contribution in [0, 0.1) is 0 Å². The average molecular weight is 508 g/mol. The number of methoxy groups -OCH3 is 1. The van der Waals surface area contributed by atoms with Gasteiger partial charge in [-0.1, -0.05) is 6.08 Å². The summed E-state index contributed by atoms with van der Waals surface area (Å²) in [7, 11) is 1.64. The SMILES string of the molecule is CCOC(=O)c1[nH]cc2c1NC1=C(C(=O)CNC1)C2c1ccc(SC2=NC3C=C(OC)C=CC3N2)o1. The van der Waals surface area contributed by atoms with Crippen LogP contribution in [0.1, 0.15) is 34.7 Å². The molecule has 3 unspecified atom stereocenters. The number of nitrogens with one attached hydrogen (secondary N) is 4. The molecule has 4 N–H and O–H groups in total. The molecule has 11 heteroatoms. The number of aromatic amines is 1. The lowest BCUT2D eigenvalue weighted by Gasteiger charge is -2.31. The molecule has 3 atom stereocenters. The zero-order valence-electron chi connectivity index (χ0n) is 19.7. The van der Waals surface area contributed by atoms with E-state index in [0.717, 1.165) is 22.2 Å². The molecule has 2 aromatic heterocycles. The van der Waals surface area contributed by atoms with E-state index in [2.05, 4.69) is 20.9 Å². The van der Waals surface area contributed by atoms with E-state index in [1.54, 1.807) is 20.2 Å². The van der Waals surface area contributed by atoms with Gasteiger partial charge in [-0.05, 0) is 43.0 Å². The van der Waals surface area contributed by atoms with Crippen molar-refractivity contribution >= 4 is 34.4 Å².